The van der Waals surface area contributed by atoms with Crippen LogP contribution in [-0.2, 0) is 0 Å². The fraction of sp³-hybridized carbons (Fsp3) is 0.333. The SMILES string of the molecule is CC1=CC=CN([O-])C1. The van der Waals surface area contributed by atoms with Gasteiger partial charge in [-0.25, -0.2) is 0 Å². The number of hydrogen-bond acceptors (Lipinski definition) is 2. The highest BCUT2D eigenvalue weighted by molar-refractivity contribution is 5.16. The zero-order valence-electron chi connectivity index (χ0n) is 4.79. The quantitative estimate of drug-likeness (QED) is 0.469. The molecular weight excluding hydrogens is 102 g/mol. The average molecular weight is 110 g/mol. The zero-order chi connectivity index (χ0) is 5.98. The van der Waals surface area contributed by atoms with E-state index in [-0.39, 0.29) is 0 Å². The van der Waals surface area contributed by atoms with Gasteiger partial charge in [0, 0.05) is 6.54 Å². The van der Waals surface area contributed by atoms with Crippen molar-refractivity contribution in [3.05, 3.63) is 29.1 Å². The molecule has 0 amide bonds. The molecule has 0 aliphatic carbocycles. The van der Waals surface area contributed by atoms with Crippen molar-refractivity contribution in [3.8, 4) is 0 Å². The van der Waals surface area contributed by atoms with E-state index in [0.29, 0.717) is 6.54 Å². The molecule has 0 atom stereocenters. The Labute approximate surface area is 48.7 Å². The minimum Gasteiger partial charge on any atom is -0.758 e. The van der Waals surface area contributed by atoms with Gasteiger partial charge in [0.1, 0.15) is 0 Å². The van der Waals surface area contributed by atoms with Gasteiger partial charge in [-0.05, 0) is 19.2 Å². The lowest BCUT2D eigenvalue weighted by molar-refractivity contribution is 0.547. The number of rotatable bonds is 0. The van der Waals surface area contributed by atoms with Crippen LogP contribution >= 0.6 is 0 Å². The van der Waals surface area contributed by atoms with Crippen LogP contribution in [0.5, 0.6) is 0 Å². The number of allylic oxidation sites excluding steroid dienone is 2. The van der Waals surface area contributed by atoms with E-state index < -0.39 is 0 Å². The molecular formula is C6H8NO-. The van der Waals surface area contributed by atoms with E-state index in [1.165, 1.54) is 6.20 Å². The van der Waals surface area contributed by atoms with Crippen LogP contribution in [0.25, 0.3) is 0 Å². The van der Waals surface area contributed by atoms with Crippen LogP contribution in [0, 0.1) is 5.21 Å². The van der Waals surface area contributed by atoms with Gasteiger partial charge in [-0.1, -0.05) is 11.6 Å². The van der Waals surface area contributed by atoms with Gasteiger partial charge < -0.3 is 10.3 Å². The smallest absolute Gasteiger partial charge is 0.0270 e. The van der Waals surface area contributed by atoms with Gasteiger partial charge in [0.2, 0.25) is 0 Å². The molecule has 0 bridgehead atoms. The van der Waals surface area contributed by atoms with Crippen molar-refractivity contribution in [1.82, 2.24) is 5.06 Å². The maximum Gasteiger partial charge on any atom is 0.0270 e. The fourth-order valence-electron chi connectivity index (χ4n) is 0.655. The molecule has 0 fully saturated rings. The Hall–Kier alpha value is -0.760. The molecule has 0 N–H and O–H groups in total. The van der Waals surface area contributed by atoms with E-state index in [2.05, 4.69) is 0 Å². The molecule has 1 aliphatic rings. The molecule has 0 aromatic rings. The molecule has 1 aliphatic heterocycles. The lowest BCUT2D eigenvalue weighted by atomic mass is 10.2. The molecule has 0 aromatic carbocycles. The van der Waals surface area contributed by atoms with E-state index in [4.69, 9.17) is 0 Å². The van der Waals surface area contributed by atoms with Crippen LogP contribution in [0.15, 0.2) is 23.9 Å². The normalized spacial score (nSPS) is 18.8. The summed E-state index contributed by atoms with van der Waals surface area (Å²) in [5.74, 6) is 0. The molecule has 0 spiro atoms. The Bertz CT molecular complexity index is 137. The van der Waals surface area contributed by atoms with Gasteiger partial charge in [-0.3, -0.25) is 0 Å². The first-order chi connectivity index (χ1) is 3.79. The summed E-state index contributed by atoms with van der Waals surface area (Å²) in [6, 6.07) is 0. The maximum atomic E-state index is 10.5. The summed E-state index contributed by atoms with van der Waals surface area (Å²) in [5, 5.41) is 11.4. The summed E-state index contributed by atoms with van der Waals surface area (Å²) in [6.07, 6.45) is 5.22. The first-order valence-corrected chi connectivity index (χ1v) is 2.57. The van der Waals surface area contributed by atoms with Gasteiger partial charge in [-0.15, -0.1) is 0 Å². The summed E-state index contributed by atoms with van der Waals surface area (Å²) in [7, 11) is 0. The Balaban J connectivity index is 2.59. The third kappa shape index (κ3) is 1.10. The minimum absolute atomic E-state index is 0.524. The van der Waals surface area contributed by atoms with Crippen molar-refractivity contribution < 1.29 is 0 Å². The lowest BCUT2D eigenvalue weighted by Gasteiger charge is -2.28. The number of nitrogens with zero attached hydrogens (tertiary/aromatic N) is 1. The van der Waals surface area contributed by atoms with Crippen molar-refractivity contribution in [2.75, 3.05) is 6.54 Å². The summed E-state index contributed by atoms with van der Waals surface area (Å²) in [4.78, 5) is 0. The maximum absolute atomic E-state index is 10.5. The number of hydroxylamine groups is 2. The van der Waals surface area contributed by atoms with Crippen molar-refractivity contribution >= 4 is 0 Å². The molecule has 1 heterocycles. The highest BCUT2D eigenvalue weighted by Gasteiger charge is 1.90. The molecule has 0 radical (unpaired) electrons. The standard InChI is InChI=1S/C6H8NO/c1-6-3-2-4-7(8)5-6/h2-4H,5H2,1H3/q-1. The number of hydrogen-bond donors (Lipinski definition) is 0. The van der Waals surface area contributed by atoms with Crippen LogP contribution in [0.2, 0.25) is 0 Å². The van der Waals surface area contributed by atoms with Crippen molar-refractivity contribution in [1.29, 1.82) is 0 Å². The molecule has 0 unspecified atom stereocenters. The van der Waals surface area contributed by atoms with Gasteiger partial charge >= 0.3 is 0 Å². The topological polar surface area (TPSA) is 26.3 Å². The van der Waals surface area contributed by atoms with E-state index in [1.807, 2.05) is 13.0 Å². The minimum atomic E-state index is 0.524. The van der Waals surface area contributed by atoms with E-state index in [0.717, 1.165) is 10.6 Å². The van der Waals surface area contributed by atoms with Gasteiger partial charge in [-0.2, -0.15) is 0 Å². The van der Waals surface area contributed by atoms with Gasteiger partial charge in [0.05, 0.1) is 0 Å². The first-order valence-electron chi connectivity index (χ1n) is 2.57. The molecule has 8 heavy (non-hydrogen) atoms. The molecule has 0 saturated carbocycles. The molecule has 1 rings (SSSR count). The second-order valence-corrected chi connectivity index (χ2v) is 1.93. The highest BCUT2D eigenvalue weighted by atomic mass is 16.5. The predicted octanol–water partition coefficient (Wildman–Crippen LogP) is 1.26. The first kappa shape index (κ1) is 5.38. The zero-order valence-corrected chi connectivity index (χ0v) is 4.79. The second-order valence-electron chi connectivity index (χ2n) is 1.93. The van der Waals surface area contributed by atoms with Crippen molar-refractivity contribution in [3.63, 3.8) is 0 Å². The van der Waals surface area contributed by atoms with Gasteiger partial charge in [0.15, 0.2) is 0 Å². The third-order valence-corrected chi connectivity index (χ3v) is 1.04. The predicted molar refractivity (Wildman–Crippen MR) is 33.0 cm³/mol. The second kappa shape index (κ2) is 2.01. The van der Waals surface area contributed by atoms with Crippen LogP contribution in [0.4, 0.5) is 0 Å². The molecule has 44 valence electrons. The van der Waals surface area contributed by atoms with E-state index in [9.17, 15) is 5.21 Å². The van der Waals surface area contributed by atoms with Crippen molar-refractivity contribution in [2.24, 2.45) is 0 Å². The lowest BCUT2D eigenvalue weighted by Crippen LogP contribution is -2.12. The summed E-state index contributed by atoms with van der Waals surface area (Å²) in [5.41, 5.74) is 1.11. The Kier molecular flexibility index (Phi) is 1.35. The van der Waals surface area contributed by atoms with Gasteiger partial charge in [0.25, 0.3) is 0 Å². The summed E-state index contributed by atoms with van der Waals surface area (Å²) in [6.45, 7) is 2.46. The molecule has 0 aromatic heterocycles. The Morgan fingerprint density at radius 3 is 2.88 bits per heavy atom. The monoisotopic (exact) mass is 110 g/mol. The van der Waals surface area contributed by atoms with Crippen LogP contribution in [0.3, 0.4) is 0 Å². The van der Waals surface area contributed by atoms with Crippen molar-refractivity contribution in [2.45, 2.75) is 6.92 Å². The largest absolute Gasteiger partial charge is 0.758 e. The average Bonchev–Trinajstić information content (AvgIpc) is 1.64. The van der Waals surface area contributed by atoms with Crippen LogP contribution in [0.1, 0.15) is 6.92 Å². The van der Waals surface area contributed by atoms with E-state index in [1.54, 1.807) is 6.08 Å². The van der Waals surface area contributed by atoms with E-state index >= 15 is 0 Å². The summed E-state index contributed by atoms with van der Waals surface area (Å²) < 4.78 is 0. The molecule has 2 heteroatoms. The van der Waals surface area contributed by atoms with Crippen LogP contribution < -0.4 is 0 Å². The summed E-state index contributed by atoms with van der Waals surface area (Å²) >= 11 is 0. The Morgan fingerprint density at radius 1 is 1.75 bits per heavy atom. The van der Waals surface area contributed by atoms with Crippen LogP contribution in [-0.4, -0.2) is 11.6 Å². The molecule has 2 nitrogen and oxygen atoms in total. The fourth-order valence-corrected chi connectivity index (χ4v) is 0.655. The Morgan fingerprint density at radius 2 is 2.50 bits per heavy atom. The third-order valence-electron chi connectivity index (χ3n) is 1.04. The molecule has 0 saturated heterocycles. The highest BCUT2D eigenvalue weighted by Crippen LogP contribution is 2.02.